The van der Waals surface area contributed by atoms with Crippen molar-refractivity contribution in [1.29, 1.82) is 0 Å². The second kappa shape index (κ2) is 6.02. The van der Waals surface area contributed by atoms with Gasteiger partial charge in [-0.15, -0.1) is 0 Å². The van der Waals surface area contributed by atoms with Crippen LogP contribution >= 0.6 is 0 Å². The van der Waals surface area contributed by atoms with Crippen LogP contribution in [0.25, 0.3) is 0 Å². The molecule has 2 saturated heterocycles. The van der Waals surface area contributed by atoms with Crippen LogP contribution in [-0.2, 0) is 0 Å². The Kier molecular flexibility index (Phi) is 4.66. The average Bonchev–Trinajstić information content (AvgIpc) is 2.30. The minimum atomic E-state index is 0.871. The van der Waals surface area contributed by atoms with Crippen LogP contribution < -0.4 is 5.32 Å². The lowest BCUT2D eigenvalue weighted by molar-refractivity contribution is 0.119. The second-order valence-electron chi connectivity index (χ2n) is 6.10. The molecule has 1 N–H and O–H groups in total. The lowest BCUT2D eigenvalue weighted by atomic mass is 9.87. The SMILES string of the molecule is CC(C)C1CCCN(CC2CCNCC2)C1. The van der Waals surface area contributed by atoms with Gasteiger partial charge in [0.2, 0.25) is 0 Å². The third-order valence-corrected chi connectivity index (χ3v) is 4.46. The van der Waals surface area contributed by atoms with Gasteiger partial charge >= 0.3 is 0 Å². The fourth-order valence-corrected chi connectivity index (χ4v) is 3.23. The Balaban J connectivity index is 1.75. The summed E-state index contributed by atoms with van der Waals surface area (Å²) in [6.07, 6.45) is 5.67. The molecular weight excluding hydrogens is 196 g/mol. The summed E-state index contributed by atoms with van der Waals surface area (Å²) in [7, 11) is 0. The fourth-order valence-electron chi connectivity index (χ4n) is 3.23. The average molecular weight is 224 g/mol. The molecule has 0 bridgehead atoms. The van der Waals surface area contributed by atoms with Gasteiger partial charge in [-0.25, -0.2) is 0 Å². The molecule has 2 aliphatic rings. The molecule has 0 aromatic carbocycles. The number of piperidine rings is 2. The molecule has 2 aliphatic heterocycles. The van der Waals surface area contributed by atoms with Crippen LogP contribution in [0.4, 0.5) is 0 Å². The fraction of sp³-hybridized carbons (Fsp3) is 1.00. The first kappa shape index (κ1) is 12.4. The molecule has 2 heterocycles. The van der Waals surface area contributed by atoms with Gasteiger partial charge in [-0.2, -0.15) is 0 Å². The van der Waals surface area contributed by atoms with Crippen LogP contribution in [0.5, 0.6) is 0 Å². The molecule has 0 aromatic rings. The summed E-state index contributed by atoms with van der Waals surface area (Å²) >= 11 is 0. The molecule has 0 amide bonds. The molecule has 94 valence electrons. The van der Waals surface area contributed by atoms with Gasteiger partial charge in [0, 0.05) is 13.1 Å². The van der Waals surface area contributed by atoms with Gasteiger partial charge in [0.05, 0.1) is 0 Å². The van der Waals surface area contributed by atoms with Crippen LogP contribution in [0.2, 0.25) is 0 Å². The minimum absolute atomic E-state index is 0.871. The quantitative estimate of drug-likeness (QED) is 0.791. The molecule has 0 spiro atoms. The summed E-state index contributed by atoms with van der Waals surface area (Å²) in [5, 5.41) is 3.46. The van der Waals surface area contributed by atoms with E-state index >= 15 is 0 Å². The van der Waals surface area contributed by atoms with E-state index in [1.807, 2.05) is 0 Å². The third-order valence-electron chi connectivity index (χ3n) is 4.46. The molecule has 2 nitrogen and oxygen atoms in total. The molecule has 1 unspecified atom stereocenters. The topological polar surface area (TPSA) is 15.3 Å². The Bertz CT molecular complexity index is 197. The Morgan fingerprint density at radius 3 is 2.62 bits per heavy atom. The maximum Gasteiger partial charge on any atom is 0.00122 e. The first-order valence-corrected chi connectivity index (χ1v) is 7.19. The van der Waals surface area contributed by atoms with Crippen molar-refractivity contribution in [2.75, 3.05) is 32.7 Å². The molecular formula is C14H28N2. The maximum absolute atomic E-state index is 3.46. The first-order valence-electron chi connectivity index (χ1n) is 7.19. The predicted octanol–water partition coefficient (Wildman–Crippen LogP) is 2.35. The number of nitrogens with one attached hydrogen (secondary N) is 1. The molecule has 0 aromatic heterocycles. The summed E-state index contributed by atoms with van der Waals surface area (Å²) < 4.78 is 0. The largest absolute Gasteiger partial charge is 0.317 e. The van der Waals surface area contributed by atoms with Crippen molar-refractivity contribution in [2.45, 2.75) is 39.5 Å². The van der Waals surface area contributed by atoms with Crippen LogP contribution in [0.3, 0.4) is 0 Å². The molecule has 0 aliphatic carbocycles. The van der Waals surface area contributed by atoms with Crippen LogP contribution in [0.1, 0.15) is 39.5 Å². The minimum Gasteiger partial charge on any atom is -0.317 e. The number of likely N-dealkylation sites (tertiary alicyclic amines) is 1. The zero-order chi connectivity index (χ0) is 11.4. The van der Waals surface area contributed by atoms with E-state index in [0.717, 1.165) is 17.8 Å². The maximum atomic E-state index is 3.46. The van der Waals surface area contributed by atoms with E-state index in [0.29, 0.717) is 0 Å². The van der Waals surface area contributed by atoms with Crippen molar-refractivity contribution in [3.63, 3.8) is 0 Å². The van der Waals surface area contributed by atoms with Gasteiger partial charge in [-0.05, 0) is 63.1 Å². The van der Waals surface area contributed by atoms with Crippen LogP contribution in [0.15, 0.2) is 0 Å². The van der Waals surface area contributed by atoms with Gasteiger partial charge in [-0.3, -0.25) is 0 Å². The van der Waals surface area contributed by atoms with E-state index in [4.69, 9.17) is 0 Å². The van der Waals surface area contributed by atoms with Crippen molar-refractivity contribution < 1.29 is 0 Å². The van der Waals surface area contributed by atoms with Crippen molar-refractivity contribution in [3.05, 3.63) is 0 Å². The predicted molar refractivity (Wildman–Crippen MR) is 69.6 cm³/mol. The van der Waals surface area contributed by atoms with Crippen molar-refractivity contribution in [1.82, 2.24) is 10.2 Å². The zero-order valence-corrected chi connectivity index (χ0v) is 11.0. The van der Waals surface area contributed by atoms with E-state index in [2.05, 4.69) is 24.1 Å². The van der Waals surface area contributed by atoms with Gasteiger partial charge in [-0.1, -0.05) is 13.8 Å². The molecule has 2 heteroatoms. The zero-order valence-electron chi connectivity index (χ0n) is 11.0. The summed E-state index contributed by atoms with van der Waals surface area (Å²) in [5.41, 5.74) is 0. The van der Waals surface area contributed by atoms with Gasteiger partial charge in [0.15, 0.2) is 0 Å². The Hall–Kier alpha value is -0.0800. The highest BCUT2D eigenvalue weighted by molar-refractivity contribution is 4.78. The Labute approximate surface area is 101 Å². The highest BCUT2D eigenvalue weighted by Gasteiger charge is 2.24. The Morgan fingerprint density at radius 2 is 1.94 bits per heavy atom. The molecule has 2 rings (SSSR count). The normalized spacial score (nSPS) is 29.8. The molecule has 1 atom stereocenters. The van der Waals surface area contributed by atoms with E-state index in [1.165, 1.54) is 58.4 Å². The summed E-state index contributed by atoms with van der Waals surface area (Å²) in [5.74, 6) is 2.79. The summed E-state index contributed by atoms with van der Waals surface area (Å²) in [6, 6.07) is 0. The number of hydrogen-bond acceptors (Lipinski definition) is 2. The molecule has 0 radical (unpaired) electrons. The van der Waals surface area contributed by atoms with Crippen LogP contribution in [0, 0.1) is 17.8 Å². The van der Waals surface area contributed by atoms with Crippen LogP contribution in [-0.4, -0.2) is 37.6 Å². The Morgan fingerprint density at radius 1 is 1.19 bits per heavy atom. The smallest absolute Gasteiger partial charge is 0.00122 e. The lowest BCUT2D eigenvalue weighted by Crippen LogP contribution is -2.42. The van der Waals surface area contributed by atoms with E-state index < -0.39 is 0 Å². The van der Waals surface area contributed by atoms with Crippen molar-refractivity contribution in [3.8, 4) is 0 Å². The molecule has 2 fully saturated rings. The second-order valence-corrected chi connectivity index (χ2v) is 6.10. The monoisotopic (exact) mass is 224 g/mol. The number of rotatable bonds is 3. The number of hydrogen-bond donors (Lipinski definition) is 1. The van der Waals surface area contributed by atoms with E-state index in [9.17, 15) is 0 Å². The lowest BCUT2D eigenvalue weighted by Gasteiger charge is -2.37. The van der Waals surface area contributed by atoms with Crippen molar-refractivity contribution >= 4 is 0 Å². The summed E-state index contributed by atoms with van der Waals surface area (Å²) in [4.78, 5) is 2.74. The van der Waals surface area contributed by atoms with E-state index in [-0.39, 0.29) is 0 Å². The van der Waals surface area contributed by atoms with Gasteiger partial charge < -0.3 is 10.2 Å². The first-order chi connectivity index (χ1) is 7.75. The highest BCUT2D eigenvalue weighted by atomic mass is 15.1. The third kappa shape index (κ3) is 3.46. The molecule has 16 heavy (non-hydrogen) atoms. The molecule has 0 saturated carbocycles. The van der Waals surface area contributed by atoms with Crippen molar-refractivity contribution in [2.24, 2.45) is 17.8 Å². The number of nitrogens with zero attached hydrogens (tertiary/aromatic N) is 1. The van der Waals surface area contributed by atoms with Gasteiger partial charge in [0.25, 0.3) is 0 Å². The highest BCUT2D eigenvalue weighted by Crippen LogP contribution is 2.25. The standard InChI is InChI=1S/C14H28N2/c1-12(2)14-4-3-9-16(11-14)10-13-5-7-15-8-6-13/h12-15H,3-11H2,1-2H3. The van der Waals surface area contributed by atoms with Gasteiger partial charge in [0.1, 0.15) is 0 Å². The summed E-state index contributed by atoms with van der Waals surface area (Å²) in [6.45, 7) is 11.3. The van der Waals surface area contributed by atoms with E-state index in [1.54, 1.807) is 0 Å².